The molecule has 4 nitrogen and oxygen atoms in total. The van der Waals surface area contributed by atoms with Gasteiger partial charge >= 0.3 is 0 Å². The summed E-state index contributed by atoms with van der Waals surface area (Å²) in [6.45, 7) is 5.18. The smallest absolute Gasteiger partial charge is 0.262 e. The van der Waals surface area contributed by atoms with Crippen molar-refractivity contribution in [2.45, 2.75) is 31.8 Å². The number of rotatable bonds is 5. The molecule has 0 bridgehead atoms. The number of thiophene rings is 2. The van der Waals surface area contributed by atoms with E-state index in [1.165, 1.54) is 25.4 Å². The van der Waals surface area contributed by atoms with Gasteiger partial charge in [0, 0.05) is 27.0 Å². The van der Waals surface area contributed by atoms with Crippen LogP contribution in [0.2, 0.25) is 0 Å². The lowest BCUT2D eigenvalue weighted by molar-refractivity contribution is 0.485. The van der Waals surface area contributed by atoms with Crippen LogP contribution in [0.25, 0.3) is 20.3 Å². The molecule has 3 heterocycles. The van der Waals surface area contributed by atoms with Crippen molar-refractivity contribution in [1.29, 1.82) is 0 Å². The van der Waals surface area contributed by atoms with Crippen molar-refractivity contribution in [3.05, 3.63) is 75.0 Å². The summed E-state index contributed by atoms with van der Waals surface area (Å²) in [7, 11) is 0. The van der Waals surface area contributed by atoms with Crippen LogP contribution in [0.5, 0.6) is 0 Å². The lowest BCUT2D eigenvalue weighted by Crippen LogP contribution is -2.34. The molecule has 0 amide bonds. The zero-order valence-electron chi connectivity index (χ0n) is 15.5. The second-order valence-corrected chi connectivity index (χ2v) is 9.50. The summed E-state index contributed by atoms with van der Waals surface area (Å²) < 4.78 is 3.02. The number of hydrogen-bond acceptors (Lipinski definition) is 5. The minimum Gasteiger partial charge on any atom is -0.310 e. The summed E-state index contributed by atoms with van der Waals surface area (Å²) >= 11 is 3.43. The molecule has 1 aromatic carbocycles. The molecule has 1 N–H and O–H groups in total. The second kappa shape index (κ2) is 7.28. The predicted molar refractivity (Wildman–Crippen MR) is 119 cm³/mol. The Morgan fingerprint density at radius 2 is 2.21 bits per heavy atom. The Kier molecular flexibility index (Phi) is 4.62. The van der Waals surface area contributed by atoms with Gasteiger partial charge in [-0.1, -0.05) is 24.3 Å². The number of nitrogens with zero attached hydrogens (tertiary/aromatic N) is 2. The number of benzene rings is 1. The lowest BCUT2D eigenvalue weighted by Gasteiger charge is -2.22. The molecule has 6 heteroatoms. The van der Waals surface area contributed by atoms with Gasteiger partial charge in [-0.25, -0.2) is 4.98 Å². The summed E-state index contributed by atoms with van der Waals surface area (Å²) in [6.07, 6.45) is 6.57. The maximum atomic E-state index is 13.2. The fraction of sp³-hybridized carbons (Fsp3) is 0.273. The van der Waals surface area contributed by atoms with Crippen molar-refractivity contribution in [2.75, 3.05) is 6.54 Å². The maximum Gasteiger partial charge on any atom is 0.262 e. The molecule has 142 valence electrons. The van der Waals surface area contributed by atoms with Crippen LogP contribution in [0.15, 0.2) is 54.1 Å². The minimum absolute atomic E-state index is 0.0949. The molecule has 1 aliphatic carbocycles. The van der Waals surface area contributed by atoms with E-state index in [9.17, 15) is 4.79 Å². The number of aryl methyl sites for hydroxylation is 1. The molecule has 4 aromatic rings. The molecule has 0 saturated carbocycles. The minimum atomic E-state index is 0.0949. The van der Waals surface area contributed by atoms with Crippen LogP contribution in [0.3, 0.4) is 0 Å². The molecule has 0 saturated heterocycles. The Hall–Kier alpha value is -2.28. The first-order valence-corrected chi connectivity index (χ1v) is 11.2. The molecule has 1 unspecified atom stereocenters. The topological polar surface area (TPSA) is 46.9 Å². The first-order chi connectivity index (χ1) is 13.7. The van der Waals surface area contributed by atoms with Gasteiger partial charge < -0.3 is 5.32 Å². The van der Waals surface area contributed by atoms with Gasteiger partial charge in [-0.15, -0.1) is 29.3 Å². The van der Waals surface area contributed by atoms with Crippen LogP contribution in [-0.4, -0.2) is 22.1 Å². The Morgan fingerprint density at radius 3 is 3.07 bits per heavy atom. The molecule has 0 aliphatic heterocycles. The molecule has 3 aromatic heterocycles. The first kappa shape index (κ1) is 17.8. The average Bonchev–Trinajstić information content (AvgIpc) is 3.28. The molecule has 5 rings (SSSR count). The monoisotopic (exact) mass is 407 g/mol. The van der Waals surface area contributed by atoms with E-state index in [0.29, 0.717) is 12.6 Å². The largest absolute Gasteiger partial charge is 0.310 e. The Labute approximate surface area is 171 Å². The fourth-order valence-electron chi connectivity index (χ4n) is 4.02. The van der Waals surface area contributed by atoms with Crippen molar-refractivity contribution in [3.8, 4) is 0 Å². The number of nitrogens with one attached hydrogen (secondary N) is 1. The van der Waals surface area contributed by atoms with E-state index < -0.39 is 0 Å². The van der Waals surface area contributed by atoms with Crippen LogP contribution >= 0.6 is 22.7 Å². The number of aromatic nitrogens is 2. The lowest BCUT2D eigenvalue weighted by atomic mass is 9.93. The van der Waals surface area contributed by atoms with E-state index in [-0.39, 0.29) is 5.56 Å². The highest BCUT2D eigenvalue weighted by atomic mass is 32.1. The van der Waals surface area contributed by atoms with Crippen LogP contribution in [-0.2, 0) is 19.4 Å². The summed E-state index contributed by atoms with van der Waals surface area (Å²) in [6, 6.07) is 11.0. The third-order valence-corrected chi connectivity index (χ3v) is 7.65. The molecular formula is C22H21N3OS2. The molecule has 0 fully saturated rings. The van der Waals surface area contributed by atoms with Gasteiger partial charge in [0.1, 0.15) is 4.83 Å². The number of fused-ring (bicyclic) bond motifs is 4. The van der Waals surface area contributed by atoms with Gasteiger partial charge in [0.2, 0.25) is 0 Å². The Morgan fingerprint density at radius 1 is 1.32 bits per heavy atom. The molecule has 0 radical (unpaired) electrons. The second-order valence-electron chi connectivity index (χ2n) is 7.25. The van der Waals surface area contributed by atoms with E-state index >= 15 is 0 Å². The van der Waals surface area contributed by atoms with Crippen molar-refractivity contribution < 1.29 is 0 Å². The van der Waals surface area contributed by atoms with Gasteiger partial charge in [0.05, 0.1) is 18.3 Å². The highest BCUT2D eigenvalue weighted by Gasteiger charge is 2.24. The van der Waals surface area contributed by atoms with Crippen molar-refractivity contribution in [3.63, 3.8) is 0 Å². The summed E-state index contributed by atoms with van der Waals surface area (Å²) in [5, 5.41) is 5.58. The van der Waals surface area contributed by atoms with Gasteiger partial charge in [-0.3, -0.25) is 9.36 Å². The van der Waals surface area contributed by atoms with E-state index in [0.717, 1.165) is 36.0 Å². The third-order valence-electron chi connectivity index (χ3n) is 5.39. The van der Waals surface area contributed by atoms with Gasteiger partial charge in [-0.05, 0) is 42.3 Å². The molecule has 1 aliphatic rings. The molecule has 0 spiro atoms. The quantitative estimate of drug-likeness (QED) is 0.500. The van der Waals surface area contributed by atoms with E-state index in [4.69, 9.17) is 0 Å². The molecule has 1 atom stereocenters. The Bertz CT molecular complexity index is 1200. The van der Waals surface area contributed by atoms with Crippen LogP contribution in [0.1, 0.15) is 21.7 Å². The predicted octanol–water partition coefficient (Wildman–Crippen LogP) is 4.35. The zero-order valence-corrected chi connectivity index (χ0v) is 17.1. The van der Waals surface area contributed by atoms with E-state index in [2.05, 4.69) is 41.1 Å². The molecule has 28 heavy (non-hydrogen) atoms. The van der Waals surface area contributed by atoms with Crippen molar-refractivity contribution in [2.24, 2.45) is 0 Å². The summed E-state index contributed by atoms with van der Waals surface area (Å²) in [4.78, 5) is 21.2. The highest BCUT2D eigenvalue weighted by Crippen LogP contribution is 2.34. The van der Waals surface area contributed by atoms with Gasteiger partial charge in [-0.2, -0.15) is 0 Å². The summed E-state index contributed by atoms with van der Waals surface area (Å²) in [5.41, 5.74) is 1.32. The number of hydrogen-bond donors (Lipinski definition) is 1. The van der Waals surface area contributed by atoms with E-state index in [1.54, 1.807) is 33.6 Å². The van der Waals surface area contributed by atoms with Crippen LogP contribution in [0, 0.1) is 0 Å². The van der Waals surface area contributed by atoms with Crippen molar-refractivity contribution >= 4 is 43.0 Å². The highest BCUT2D eigenvalue weighted by molar-refractivity contribution is 7.19. The average molecular weight is 408 g/mol. The first-order valence-electron chi connectivity index (χ1n) is 9.54. The fourth-order valence-corrected chi connectivity index (χ4v) is 6.34. The van der Waals surface area contributed by atoms with Gasteiger partial charge in [0.25, 0.3) is 5.56 Å². The zero-order chi connectivity index (χ0) is 19.1. The SMILES string of the molecule is C=CCNC1CCc2c(sc3ncn(Cc4cc5ccccc5s4)c(=O)c23)C1. The normalized spacial score (nSPS) is 16.5. The van der Waals surface area contributed by atoms with Crippen LogP contribution in [0.4, 0.5) is 0 Å². The maximum absolute atomic E-state index is 13.2. The van der Waals surface area contributed by atoms with Gasteiger partial charge in [0.15, 0.2) is 0 Å². The third kappa shape index (κ3) is 3.11. The standard InChI is InChI=1S/C22H21N3OS2/c1-2-9-23-15-7-8-17-19(11-15)28-21-20(17)22(26)25(13-24-21)12-16-10-14-5-3-4-6-18(14)27-16/h2-6,10,13,15,23H,1,7-9,11-12H2. The van der Waals surface area contributed by atoms with Crippen LogP contribution < -0.4 is 10.9 Å². The Balaban J connectivity index is 1.49. The summed E-state index contributed by atoms with van der Waals surface area (Å²) in [5.74, 6) is 0. The van der Waals surface area contributed by atoms with Crippen molar-refractivity contribution in [1.82, 2.24) is 14.9 Å². The van der Waals surface area contributed by atoms with E-state index in [1.807, 2.05) is 12.1 Å². The molecular weight excluding hydrogens is 386 g/mol.